The van der Waals surface area contributed by atoms with Crippen molar-refractivity contribution in [2.45, 2.75) is 13.3 Å². The van der Waals surface area contributed by atoms with E-state index in [9.17, 15) is 19.2 Å². The molecular weight excluding hydrogens is 488 g/mol. The number of allylic oxidation sites excluding steroid dienone is 2. The van der Waals surface area contributed by atoms with Crippen LogP contribution in [0.3, 0.4) is 0 Å². The Kier molecular flexibility index (Phi) is 5.40. The number of carbonyl (C=O) groups excluding carboxylic acids is 4. The molecule has 2 bridgehead atoms. The molecule has 5 rings (SSSR count). The van der Waals surface area contributed by atoms with Gasteiger partial charge in [0.2, 0.25) is 11.8 Å². The van der Waals surface area contributed by atoms with Gasteiger partial charge in [-0.05, 0) is 73.7 Å². The fourth-order valence-electron chi connectivity index (χ4n) is 5.22. The summed E-state index contributed by atoms with van der Waals surface area (Å²) in [6.07, 6.45) is 3.01. The quantitative estimate of drug-likeness (QED) is 0.375. The van der Waals surface area contributed by atoms with Crippen molar-refractivity contribution in [1.82, 2.24) is 0 Å². The number of esters is 1. The van der Waals surface area contributed by atoms with Crippen molar-refractivity contribution >= 4 is 51.0 Å². The first-order valence-corrected chi connectivity index (χ1v) is 11.5. The zero-order valence-corrected chi connectivity index (χ0v) is 19.4. The van der Waals surface area contributed by atoms with E-state index in [0.29, 0.717) is 11.4 Å². The van der Waals surface area contributed by atoms with Gasteiger partial charge in [0.25, 0.3) is 5.91 Å². The molecular formula is C25H21BrN2O5. The van der Waals surface area contributed by atoms with E-state index in [-0.39, 0.29) is 41.0 Å². The number of nitrogens with zero attached hydrogens (tertiary/aromatic N) is 1. The SMILES string of the molecule is CC1=C[C@H]2C[C@H]1[C@@H]1C(=O)N(c3ccc(C(=O)OCC(=O)Nc4ccc(Br)cc4)cc3)C(=O)[C@H]12. The Morgan fingerprint density at radius 1 is 1.03 bits per heavy atom. The Morgan fingerprint density at radius 2 is 1.70 bits per heavy atom. The number of amides is 3. The Bertz CT molecular complexity index is 1190. The van der Waals surface area contributed by atoms with Gasteiger partial charge < -0.3 is 10.1 Å². The number of hydrogen-bond acceptors (Lipinski definition) is 5. The highest BCUT2D eigenvalue weighted by atomic mass is 79.9. The molecule has 0 unspecified atom stereocenters. The summed E-state index contributed by atoms with van der Waals surface area (Å²) in [6.45, 7) is 1.60. The molecule has 33 heavy (non-hydrogen) atoms. The van der Waals surface area contributed by atoms with Gasteiger partial charge in [-0.25, -0.2) is 4.79 Å². The molecule has 0 radical (unpaired) electrons. The van der Waals surface area contributed by atoms with Gasteiger partial charge in [-0.1, -0.05) is 27.6 Å². The van der Waals surface area contributed by atoms with Crippen LogP contribution in [0.5, 0.6) is 0 Å². The minimum atomic E-state index is -0.665. The van der Waals surface area contributed by atoms with Crippen LogP contribution in [0.25, 0.3) is 0 Å². The van der Waals surface area contributed by atoms with Gasteiger partial charge in [0.1, 0.15) is 0 Å². The lowest BCUT2D eigenvalue weighted by atomic mass is 9.82. The zero-order valence-electron chi connectivity index (χ0n) is 17.8. The van der Waals surface area contributed by atoms with E-state index in [1.54, 1.807) is 36.4 Å². The van der Waals surface area contributed by atoms with Crippen LogP contribution in [-0.2, 0) is 19.1 Å². The second kappa shape index (κ2) is 8.26. The second-order valence-corrected chi connectivity index (χ2v) is 9.57. The summed E-state index contributed by atoms with van der Waals surface area (Å²) in [6, 6.07) is 13.1. The lowest BCUT2D eigenvalue weighted by molar-refractivity contribution is -0.123. The molecule has 1 N–H and O–H groups in total. The summed E-state index contributed by atoms with van der Waals surface area (Å²) in [5.74, 6) is -1.71. The van der Waals surface area contributed by atoms with Crippen molar-refractivity contribution < 1.29 is 23.9 Å². The minimum absolute atomic E-state index is 0.138. The summed E-state index contributed by atoms with van der Waals surface area (Å²) >= 11 is 3.32. The van der Waals surface area contributed by atoms with Gasteiger partial charge in [-0.3, -0.25) is 19.3 Å². The van der Waals surface area contributed by atoms with Crippen molar-refractivity contribution in [1.29, 1.82) is 0 Å². The van der Waals surface area contributed by atoms with E-state index < -0.39 is 18.5 Å². The number of anilines is 2. The van der Waals surface area contributed by atoms with Crippen LogP contribution < -0.4 is 10.2 Å². The topological polar surface area (TPSA) is 92.8 Å². The molecule has 0 spiro atoms. The van der Waals surface area contributed by atoms with E-state index >= 15 is 0 Å². The molecule has 3 amide bonds. The number of ether oxygens (including phenoxy) is 1. The van der Waals surface area contributed by atoms with Crippen LogP contribution in [0.15, 0.2) is 64.7 Å². The predicted molar refractivity (Wildman–Crippen MR) is 124 cm³/mol. The normalized spacial score (nSPS) is 25.2. The van der Waals surface area contributed by atoms with E-state index in [0.717, 1.165) is 10.9 Å². The van der Waals surface area contributed by atoms with Crippen molar-refractivity contribution in [3.63, 3.8) is 0 Å². The first-order chi connectivity index (χ1) is 15.8. The van der Waals surface area contributed by atoms with Crippen molar-refractivity contribution in [3.8, 4) is 0 Å². The van der Waals surface area contributed by atoms with Crippen molar-refractivity contribution in [3.05, 3.63) is 70.2 Å². The van der Waals surface area contributed by atoms with E-state index in [2.05, 4.69) is 27.3 Å². The molecule has 3 aliphatic rings. The summed E-state index contributed by atoms with van der Waals surface area (Å²) in [5.41, 5.74) is 2.46. The molecule has 4 atom stereocenters. The van der Waals surface area contributed by atoms with Crippen molar-refractivity contribution in [2.75, 3.05) is 16.8 Å². The number of nitrogens with one attached hydrogen (secondary N) is 1. The smallest absolute Gasteiger partial charge is 0.338 e. The van der Waals surface area contributed by atoms with Crippen LogP contribution in [-0.4, -0.2) is 30.3 Å². The molecule has 1 heterocycles. The number of halogens is 1. The molecule has 1 aliphatic heterocycles. The molecule has 2 fully saturated rings. The van der Waals surface area contributed by atoms with Gasteiger partial charge in [0.05, 0.1) is 23.1 Å². The molecule has 2 aromatic rings. The first-order valence-electron chi connectivity index (χ1n) is 10.7. The van der Waals surface area contributed by atoms with Gasteiger partial charge in [-0.15, -0.1) is 0 Å². The average Bonchev–Trinajstić information content (AvgIpc) is 3.44. The second-order valence-electron chi connectivity index (χ2n) is 8.66. The third kappa shape index (κ3) is 3.78. The largest absolute Gasteiger partial charge is 0.452 e. The van der Waals surface area contributed by atoms with Gasteiger partial charge in [0.15, 0.2) is 6.61 Å². The maximum atomic E-state index is 13.0. The highest BCUT2D eigenvalue weighted by Crippen LogP contribution is 2.55. The summed E-state index contributed by atoms with van der Waals surface area (Å²) in [4.78, 5) is 51.6. The molecule has 2 aliphatic carbocycles. The van der Waals surface area contributed by atoms with Crippen molar-refractivity contribution in [2.24, 2.45) is 23.7 Å². The zero-order chi connectivity index (χ0) is 23.3. The summed E-state index contributed by atoms with van der Waals surface area (Å²) in [5, 5.41) is 2.64. The Morgan fingerprint density at radius 3 is 2.39 bits per heavy atom. The number of rotatable bonds is 5. The minimum Gasteiger partial charge on any atom is -0.452 e. The van der Waals surface area contributed by atoms with E-state index in [4.69, 9.17) is 4.74 Å². The molecule has 8 heteroatoms. The molecule has 1 saturated heterocycles. The number of imide groups is 1. The Labute approximate surface area is 198 Å². The summed E-state index contributed by atoms with van der Waals surface area (Å²) in [7, 11) is 0. The monoisotopic (exact) mass is 508 g/mol. The van der Waals surface area contributed by atoms with Gasteiger partial charge in [-0.2, -0.15) is 0 Å². The number of hydrogen-bond donors (Lipinski definition) is 1. The molecule has 1 saturated carbocycles. The molecule has 168 valence electrons. The first kappa shape index (κ1) is 21.6. The van der Waals surface area contributed by atoms with Crippen LogP contribution in [0, 0.1) is 23.7 Å². The van der Waals surface area contributed by atoms with Crippen LogP contribution in [0.4, 0.5) is 11.4 Å². The summed E-state index contributed by atoms with van der Waals surface area (Å²) < 4.78 is 5.97. The lowest BCUT2D eigenvalue weighted by Crippen LogP contribution is -2.33. The predicted octanol–water partition coefficient (Wildman–Crippen LogP) is 3.95. The maximum Gasteiger partial charge on any atom is 0.338 e. The molecule has 0 aromatic heterocycles. The lowest BCUT2D eigenvalue weighted by Gasteiger charge is -2.19. The third-order valence-corrected chi connectivity index (χ3v) is 7.23. The van der Waals surface area contributed by atoms with E-state index in [1.807, 2.05) is 6.92 Å². The number of fused-ring (bicyclic) bond motifs is 5. The van der Waals surface area contributed by atoms with Gasteiger partial charge in [0, 0.05) is 10.2 Å². The van der Waals surface area contributed by atoms with Crippen LogP contribution >= 0.6 is 15.9 Å². The fourth-order valence-corrected chi connectivity index (χ4v) is 5.48. The molecule has 7 nitrogen and oxygen atoms in total. The Balaban J connectivity index is 1.21. The highest BCUT2D eigenvalue weighted by molar-refractivity contribution is 9.10. The van der Waals surface area contributed by atoms with Crippen LogP contribution in [0.1, 0.15) is 23.7 Å². The fraction of sp³-hybridized carbons (Fsp3) is 0.280. The maximum absolute atomic E-state index is 13.0. The van der Waals surface area contributed by atoms with Gasteiger partial charge >= 0.3 is 5.97 Å². The molecule has 2 aromatic carbocycles. The third-order valence-electron chi connectivity index (χ3n) is 6.70. The van der Waals surface area contributed by atoms with E-state index in [1.165, 1.54) is 22.6 Å². The standard InChI is InChI=1S/C25H21BrN2O5/c1-13-10-15-11-19(13)22-21(15)23(30)28(24(22)31)18-8-2-14(3-9-18)25(32)33-12-20(29)27-17-6-4-16(26)5-7-17/h2-10,15,19,21-22H,11-12H2,1H3,(H,27,29)/t15-,19+,21-,22-/m0/s1. The highest BCUT2D eigenvalue weighted by Gasteiger charge is 2.60. The number of benzene rings is 2. The number of carbonyl (C=O) groups is 4. The van der Waals surface area contributed by atoms with Crippen LogP contribution in [0.2, 0.25) is 0 Å². The average molecular weight is 509 g/mol. The Hall–Kier alpha value is -3.26.